The predicted octanol–water partition coefficient (Wildman–Crippen LogP) is 1.67. The fraction of sp³-hybridized carbons (Fsp3) is 0.688. The molecule has 1 fully saturated rings. The first-order valence-electron chi connectivity index (χ1n) is 7.64. The summed E-state index contributed by atoms with van der Waals surface area (Å²) in [6, 6.07) is 4.88. The van der Waals surface area contributed by atoms with E-state index in [4.69, 9.17) is 5.11 Å². The molecular weight excluding hydrogens is 250 g/mol. The van der Waals surface area contributed by atoms with E-state index < -0.39 is 0 Å². The van der Waals surface area contributed by atoms with Gasteiger partial charge in [-0.3, -0.25) is 9.88 Å². The quantitative estimate of drug-likeness (QED) is 0.858. The van der Waals surface area contributed by atoms with Gasteiger partial charge in [-0.2, -0.15) is 0 Å². The molecular formula is C16H27N3O. The normalized spacial score (nSPS) is 17.8. The Bertz CT molecular complexity index is 402. The van der Waals surface area contributed by atoms with E-state index in [2.05, 4.69) is 34.8 Å². The Kier molecular flexibility index (Phi) is 5.95. The van der Waals surface area contributed by atoms with Gasteiger partial charge in [-0.1, -0.05) is 6.07 Å². The number of aliphatic hydroxyl groups is 1. The van der Waals surface area contributed by atoms with Gasteiger partial charge in [-0.25, -0.2) is 0 Å². The third kappa shape index (κ3) is 4.27. The summed E-state index contributed by atoms with van der Waals surface area (Å²) in [5, 5.41) is 8.90. The van der Waals surface area contributed by atoms with Crippen LogP contribution in [0, 0.1) is 6.92 Å². The summed E-state index contributed by atoms with van der Waals surface area (Å²) in [4.78, 5) is 9.30. The maximum atomic E-state index is 8.90. The molecule has 4 nitrogen and oxygen atoms in total. The Morgan fingerprint density at radius 1 is 1.40 bits per heavy atom. The van der Waals surface area contributed by atoms with Crippen LogP contribution in [0.4, 0.5) is 0 Å². The van der Waals surface area contributed by atoms with Gasteiger partial charge in [-0.05, 0) is 58.0 Å². The molecule has 0 bridgehead atoms. The molecule has 0 saturated carbocycles. The highest BCUT2D eigenvalue weighted by molar-refractivity contribution is 5.18. The summed E-state index contributed by atoms with van der Waals surface area (Å²) < 4.78 is 0. The number of hydrogen-bond acceptors (Lipinski definition) is 4. The van der Waals surface area contributed by atoms with Crippen LogP contribution in [-0.4, -0.2) is 59.2 Å². The second kappa shape index (κ2) is 7.72. The first kappa shape index (κ1) is 15.4. The van der Waals surface area contributed by atoms with Crippen LogP contribution >= 0.6 is 0 Å². The zero-order chi connectivity index (χ0) is 14.4. The van der Waals surface area contributed by atoms with E-state index in [1.807, 2.05) is 12.3 Å². The van der Waals surface area contributed by atoms with Crippen LogP contribution in [0.3, 0.4) is 0 Å². The fourth-order valence-electron chi connectivity index (χ4n) is 2.95. The molecule has 0 unspecified atom stereocenters. The standard InChI is InChI=1S/C16H27N3O/c1-14-15(5-3-8-17-14)13-19-10-6-16(7-11-19)18(2)9-4-12-20/h3,5,8,16,20H,4,6-7,9-13H2,1-2H3. The topological polar surface area (TPSA) is 39.6 Å². The minimum absolute atomic E-state index is 0.295. The molecule has 0 aliphatic carbocycles. The molecule has 1 aliphatic heterocycles. The summed E-state index contributed by atoms with van der Waals surface area (Å²) in [6.07, 6.45) is 5.19. The molecule has 4 heteroatoms. The average molecular weight is 277 g/mol. The molecule has 1 N–H and O–H groups in total. The van der Waals surface area contributed by atoms with Gasteiger partial charge in [0, 0.05) is 37.6 Å². The first-order valence-corrected chi connectivity index (χ1v) is 7.64. The van der Waals surface area contributed by atoms with Crippen molar-refractivity contribution < 1.29 is 5.11 Å². The van der Waals surface area contributed by atoms with Gasteiger partial charge < -0.3 is 10.0 Å². The van der Waals surface area contributed by atoms with Crippen LogP contribution < -0.4 is 0 Å². The van der Waals surface area contributed by atoms with Crippen molar-refractivity contribution >= 4 is 0 Å². The Morgan fingerprint density at radius 3 is 2.80 bits per heavy atom. The van der Waals surface area contributed by atoms with Crippen LogP contribution in [0.5, 0.6) is 0 Å². The van der Waals surface area contributed by atoms with Crippen molar-refractivity contribution in [2.24, 2.45) is 0 Å². The number of aliphatic hydroxyl groups excluding tert-OH is 1. The van der Waals surface area contributed by atoms with Crippen LogP contribution in [0.25, 0.3) is 0 Å². The zero-order valence-electron chi connectivity index (χ0n) is 12.8. The summed E-state index contributed by atoms with van der Waals surface area (Å²) in [5.41, 5.74) is 2.49. The Balaban J connectivity index is 1.78. The second-order valence-electron chi connectivity index (χ2n) is 5.81. The molecule has 1 aromatic heterocycles. The highest BCUT2D eigenvalue weighted by Gasteiger charge is 2.22. The van der Waals surface area contributed by atoms with E-state index in [0.717, 1.165) is 38.3 Å². The number of hydrogen-bond donors (Lipinski definition) is 1. The molecule has 0 spiro atoms. The highest BCUT2D eigenvalue weighted by Crippen LogP contribution is 2.18. The average Bonchev–Trinajstić information content (AvgIpc) is 2.48. The van der Waals surface area contributed by atoms with Crippen molar-refractivity contribution in [3.05, 3.63) is 29.6 Å². The van der Waals surface area contributed by atoms with Gasteiger partial charge in [0.05, 0.1) is 0 Å². The zero-order valence-corrected chi connectivity index (χ0v) is 12.8. The number of rotatable bonds is 6. The molecule has 2 rings (SSSR count). The Hall–Kier alpha value is -0.970. The Morgan fingerprint density at radius 2 is 2.15 bits per heavy atom. The molecule has 0 radical (unpaired) electrons. The fourth-order valence-corrected chi connectivity index (χ4v) is 2.95. The lowest BCUT2D eigenvalue weighted by Crippen LogP contribution is -2.43. The SMILES string of the molecule is Cc1ncccc1CN1CCC(N(C)CCCO)CC1. The lowest BCUT2D eigenvalue weighted by atomic mass is 10.0. The van der Waals surface area contributed by atoms with Crippen LogP contribution in [0.15, 0.2) is 18.3 Å². The minimum Gasteiger partial charge on any atom is -0.396 e. The lowest BCUT2D eigenvalue weighted by molar-refractivity contribution is 0.117. The summed E-state index contributed by atoms with van der Waals surface area (Å²) in [6.45, 7) is 6.72. The van der Waals surface area contributed by atoms with Gasteiger partial charge in [0.1, 0.15) is 0 Å². The maximum absolute atomic E-state index is 8.90. The number of likely N-dealkylation sites (tertiary alicyclic amines) is 1. The maximum Gasteiger partial charge on any atom is 0.0443 e. The molecule has 0 aromatic carbocycles. The third-order valence-corrected chi connectivity index (χ3v) is 4.36. The van der Waals surface area contributed by atoms with Gasteiger partial charge in [0.15, 0.2) is 0 Å². The molecule has 112 valence electrons. The third-order valence-electron chi connectivity index (χ3n) is 4.36. The monoisotopic (exact) mass is 277 g/mol. The Labute approximate surface area is 122 Å². The molecule has 1 saturated heterocycles. The number of aromatic nitrogens is 1. The van der Waals surface area contributed by atoms with Crippen molar-refractivity contribution in [2.75, 3.05) is 33.3 Å². The number of aryl methyl sites for hydroxylation is 1. The first-order chi connectivity index (χ1) is 9.70. The lowest BCUT2D eigenvalue weighted by Gasteiger charge is -2.36. The molecule has 0 atom stereocenters. The van der Waals surface area contributed by atoms with Crippen LogP contribution in [0.2, 0.25) is 0 Å². The van der Waals surface area contributed by atoms with Gasteiger partial charge in [-0.15, -0.1) is 0 Å². The van der Waals surface area contributed by atoms with E-state index >= 15 is 0 Å². The number of pyridine rings is 1. The van der Waals surface area contributed by atoms with Crippen molar-refractivity contribution in [1.29, 1.82) is 0 Å². The predicted molar refractivity (Wildman–Crippen MR) is 81.6 cm³/mol. The van der Waals surface area contributed by atoms with Gasteiger partial charge in [0.2, 0.25) is 0 Å². The summed E-state index contributed by atoms with van der Waals surface area (Å²) in [5.74, 6) is 0. The number of nitrogens with zero attached hydrogens (tertiary/aromatic N) is 3. The summed E-state index contributed by atoms with van der Waals surface area (Å²) >= 11 is 0. The van der Waals surface area contributed by atoms with Crippen molar-refractivity contribution in [3.8, 4) is 0 Å². The van der Waals surface area contributed by atoms with Crippen molar-refractivity contribution in [3.63, 3.8) is 0 Å². The van der Waals surface area contributed by atoms with E-state index in [1.54, 1.807) is 0 Å². The van der Waals surface area contributed by atoms with Crippen LogP contribution in [-0.2, 0) is 6.54 Å². The van der Waals surface area contributed by atoms with E-state index in [9.17, 15) is 0 Å². The molecule has 1 aromatic rings. The summed E-state index contributed by atoms with van der Waals surface area (Å²) in [7, 11) is 2.18. The molecule has 20 heavy (non-hydrogen) atoms. The number of piperidine rings is 1. The van der Waals surface area contributed by atoms with Gasteiger partial charge in [0.25, 0.3) is 0 Å². The van der Waals surface area contributed by atoms with Gasteiger partial charge >= 0.3 is 0 Å². The van der Waals surface area contributed by atoms with E-state index in [1.165, 1.54) is 18.4 Å². The van der Waals surface area contributed by atoms with E-state index in [-0.39, 0.29) is 0 Å². The van der Waals surface area contributed by atoms with Crippen molar-refractivity contribution in [1.82, 2.24) is 14.8 Å². The molecule has 0 amide bonds. The largest absolute Gasteiger partial charge is 0.396 e. The molecule has 1 aliphatic rings. The smallest absolute Gasteiger partial charge is 0.0443 e. The highest BCUT2D eigenvalue weighted by atomic mass is 16.3. The van der Waals surface area contributed by atoms with E-state index in [0.29, 0.717) is 12.6 Å². The molecule has 2 heterocycles. The van der Waals surface area contributed by atoms with Crippen molar-refractivity contribution in [2.45, 2.75) is 38.8 Å². The van der Waals surface area contributed by atoms with Crippen LogP contribution in [0.1, 0.15) is 30.5 Å². The second-order valence-corrected chi connectivity index (χ2v) is 5.81. The minimum atomic E-state index is 0.295.